The van der Waals surface area contributed by atoms with Crippen molar-refractivity contribution >= 4 is 0 Å². The van der Waals surface area contributed by atoms with Crippen molar-refractivity contribution in [3.63, 3.8) is 0 Å². The van der Waals surface area contributed by atoms with E-state index in [1.165, 1.54) is 12.8 Å². The van der Waals surface area contributed by atoms with E-state index in [1.807, 2.05) is 36.4 Å². The molecule has 2 aromatic carbocycles. The first-order chi connectivity index (χ1) is 13.3. The number of rotatable bonds is 6. The molecule has 0 aliphatic carbocycles. The van der Waals surface area contributed by atoms with Gasteiger partial charge in [0.25, 0.3) is 0 Å². The number of hydrogen-bond donors (Lipinski definition) is 2. The SMILES string of the molecule is NC(C[C@@H]1COc2ccc(OCc3ccccc3)cc2O1)C1CCCNC1. The minimum Gasteiger partial charge on any atom is -0.489 e. The van der Waals surface area contributed by atoms with Crippen LogP contribution in [0.15, 0.2) is 48.5 Å². The topological polar surface area (TPSA) is 65.7 Å². The van der Waals surface area contributed by atoms with Crippen molar-refractivity contribution in [1.82, 2.24) is 5.32 Å². The first kappa shape index (κ1) is 18.1. The summed E-state index contributed by atoms with van der Waals surface area (Å²) < 4.78 is 18.0. The van der Waals surface area contributed by atoms with Crippen molar-refractivity contribution in [3.8, 4) is 17.2 Å². The Labute approximate surface area is 160 Å². The van der Waals surface area contributed by atoms with Gasteiger partial charge in [-0.3, -0.25) is 0 Å². The third-order valence-corrected chi connectivity index (χ3v) is 5.36. The normalized spacial score (nSPS) is 22.9. The van der Waals surface area contributed by atoms with Crippen molar-refractivity contribution < 1.29 is 14.2 Å². The molecule has 2 aliphatic rings. The molecular weight excluding hydrogens is 340 g/mol. The fourth-order valence-electron chi connectivity index (χ4n) is 3.78. The molecule has 0 aromatic heterocycles. The van der Waals surface area contributed by atoms with Crippen molar-refractivity contribution in [2.24, 2.45) is 11.7 Å². The summed E-state index contributed by atoms with van der Waals surface area (Å²) in [5.41, 5.74) is 7.58. The third-order valence-electron chi connectivity index (χ3n) is 5.36. The minimum absolute atomic E-state index is 0.0150. The molecule has 3 atom stereocenters. The first-order valence-electron chi connectivity index (χ1n) is 9.84. The van der Waals surface area contributed by atoms with Crippen LogP contribution in [0.5, 0.6) is 17.2 Å². The molecule has 2 aliphatic heterocycles. The number of fused-ring (bicyclic) bond motifs is 1. The molecule has 0 bridgehead atoms. The fraction of sp³-hybridized carbons (Fsp3) is 0.455. The second-order valence-electron chi connectivity index (χ2n) is 7.44. The van der Waals surface area contributed by atoms with Gasteiger partial charge in [0.2, 0.25) is 0 Å². The van der Waals surface area contributed by atoms with Gasteiger partial charge in [0, 0.05) is 18.5 Å². The summed E-state index contributed by atoms with van der Waals surface area (Å²) in [4.78, 5) is 0. The van der Waals surface area contributed by atoms with E-state index < -0.39 is 0 Å². The van der Waals surface area contributed by atoms with Crippen LogP contribution in [0.3, 0.4) is 0 Å². The van der Waals surface area contributed by atoms with Crippen LogP contribution in [0.2, 0.25) is 0 Å². The predicted molar refractivity (Wildman–Crippen MR) is 105 cm³/mol. The molecule has 2 unspecified atom stereocenters. The fourth-order valence-corrected chi connectivity index (χ4v) is 3.78. The van der Waals surface area contributed by atoms with Gasteiger partial charge < -0.3 is 25.3 Å². The van der Waals surface area contributed by atoms with E-state index in [-0.39, 0.29) is 12.1 Å². The lowest BCUT2D eigenvalue weighted by atomic mass is 9.89. The van der Waals surface area contributed by atoms with Crippen LogP contribution in [-0.2, 0) is 6.61 Å². The summed E-state index contributed by atoms with van der Waals surface area (Å²) in [6.07, 6.45) is 3.18. The lowest BCUT2D eigenvalue weighted by Gasteiger charge is -2.33. The van der Waals surface area contributed by atoms with Gasteiger partial charge in [-0.25, -0.2) is 0 Å². The van der Waals surface area contributed by atoms with E-state index >= 15 is 0 Å². The summed E-state index contributed by atoms with van der Waals surface area (Å²) >= 11 is 0. The van der Waals surface area contributed by atoms with Crippen LogP contribution >= 0.6 is 0 Å². The van der Waals surface area contributed by atoms with Crippen LogP contribution in [0.4, 0.5) is 0 Å². The molecule has 0 radical (unpaired) electrons. The average molecular weight is 368 g/mol. The van der Waals surface area contributed by atoms with E-state index in [0.717, 1.165) is 42.3 Å². The highest BCUT2D eigenvalue weighted by Gasteiger charge is 2.28. The minimum atomic E-state index is -0.0150. The number of nitrogens with one attached hydrogen (secondary N) is 1. The molecule has 5 heteroatoms. The Hall–Kier alpha value is -2.24. The van der Waals surface area contributed by atoms with Crippen LogP contribution in [0.1, 0.15) is 24.8 Å². The van der Waals surface area contributed by atoms with Crippen LogP contribution in [0.25, 0.3) is 0 Å². The van der Waals surface area contributed by atoms with Gasteiger partial charge in [-0.1, -0.05) is 30.3 Å². The van der Waals surface area contributed by atoms with E-state index in [1.54, 1.807) is 0 Å². The van der Waals surface area contributed by atoms with Gasteiger partial charge in [0.05, 0.1) is 0 Å². The molecule has 1 fully saturated rings. The van der Waals surface area contributed by atoms with E-state index in [4.69, 9.17) is 19.9 Å². The van der Waals surface area contributed by atoms with Crippen LogP contribution < -0.4 is 25.3 Å². The zero-order valence-corrected chi connectivity index (χ0v) is 15.6. The van der Waals surface area contributed by atoms with Crippen molar-refractivity contribution in [1.29, 1.82) is 0 Å². The Morgan fingerprint density at radius 1 is 1.15 bits per heavy atom. The Morgan fingerprint density at radius 3 is 2.85 bits per heavy atom. The molecular formula is C22H28N2O3. The summed E-state index contributed by atoms with van der Waals surface area (Å²) in [5.74, 6) is 2.81. The first-order valence-corrected chi connectivity index (χ1v) is 9.84. The van der Waals surface area contributed by atoms with E-state index in [0.29, 0.717) is 19.1 Å². The Morgan fingerprint density at radius 2 is 2.04 bits per heavy atom. The Bertz CT molecular complexity index is 732. The van der Waals surface area contributed by atoms with Crippen molar-refractivity contribution in [2.45, 2.75) is 38.0 Å². The smallest absolute Gasteiger partial charge is 0.165 e. The lowest BCUT2D eigenvalue weighted by Crippen LogP contribution is -2.45. The van der Waals surface area contributed by atoms with Gasteiger partial charge >= 0.3 is 0 Å². The van der Waals surface area contributed by atoms with Crippen LogP contribution in [0, 0.1) is 5.92 Å². The highest BCUT2D eigenvalue weighted by molar-refractivity contribution is 5.46. The van der Waals surface area contributed by atoms with Crippen molar-refractivity contribution in [2.75, 3.05) is 19.7 Å². The highest BCUT2D eigenvalue weighted by atomic mass is 16.6. The Balaban J connectivity index is 1.35. The number of benzene rings is 2. The molecule has 0 saturated carbocycles. The molecule has 0 amide bonds. The van der Waals surface area contributed by atoms with Gasteiger partial charge in [-0.15, -0.1) is 0 Å². The van der Waals surface area contributed by atoms with E-state index in [9.17, 15) is 0 Å². The maximum atomic E-state index is 6.44. The molecule has 2 heterocycles. The molecule has 27 heavy (non-hydrogen) atoms. The molecule has 2 aromatic rings. The lowest BCUT2D eigenvalue weighted by molar-refractivity contribution is 0.0725. The zero-order chi connectivity index (χ0) is 18.5. The molecule has 5 nitrogen and oxygen atoms in total. The molecule has 4 rings (SSSR count). The van der Waals surface area contributed by atoms with Crippen LogP contribution in [-0.4, -0.2) is 31.8 Å². The second-order valence-corrected chi connectivity index (χ2v) is 7.44. The monoisotopic (exact) mass is 368 g/mol. The number of ether oxygens (including phenoxy) is 3. The summed E-state index contributed by atoms with van der Waals surface area (Å²) in [6.45, 7) is 3.18. The molecule has 1 saturated heterocycles. The van der Waals surface area contributed by atoms with Gasteiger partial charge in [0.15, 0.2) is 11.5 Å². The summed E-state index contributed by atoms with van der Waals surface area (Å²) in [6, 6.07) is 16.0. The van der Waals surface area contributed by atoms with Gasteiger partial charge in [0.1, 0.15) is 25.1 Å². The Kier molecular flexibility index (Phi) is 5.80. The molecule has 3 N–H and O–H groups in total. The second kappa shape index (κ2) is 8.63. The molecule has 0 spiro atoms. The zero-order valence-electron chi connectivity index (χ0n) is 15.6. The van der Waals surface area contributed by atoms with Gasteiger partial charge in [-0.05, 0) is 49.5 Å². The summed E-state index contributed by atoms with van der Waals surface area (Å²) in [5, 5.41) is 3.43. The quantitative estimate of drug-likeness (QED) is 0.820. The van der Waals surface area contributed by atoms with Gasteiger partial charge in [-0.2, -0.15) is 0 Å². The predicted octanol–water partition coefficient (Wildman–Crippen LogP) is 3.12. The number of piperidine rings is 1. The average Bonchev–Trinajstić information content (AvgIpc) is 2.73. The van der Waals surface area contributed by atoms with Crippen molar-refractivity contribution in [3.05, 3.63) is 54.1 Å². The van der Waals surface area contributed by atoms with E-state index in [2.05, 4.69) is 17.4 Å². The number of nitrogens with two attached hydrogens (primary N) is 1. The largest absolute Gasteiger partial charge is 0.489 e. The standard InChI is InChI=1S/C22H28N2O3/c23-20(17-7-4-10-24-13-17)11-19-15-26-21-9-8-18(12-22(21)27-19)25-14-16-5-2-1-3-6-16/h1-3,5-6,8-9,12,17,19-20,24H,4,7,10-11,13-15,23H2/t17?,19-,20?/m1/s1. The number of hydrogen-bond acceptors (Lipinski definition) is 5. The maximum absolute atomic E-state index is 6.44. The maximum Gasteiger partial charge on any atom is 0.165 e. The summed E-state index contributed by atoms with van der Waals surface area (Å²) in [7, 11) is 0. The molecule has 144 valence electrons. The highest BCUT2D eigenvalue weighted by Crippen LogP contribution is 2.36. The third kappa shape index (κ3) is 4.73.